The highest BCUT2D eigenvalue weighted by Gasteiger charge is 2.10. The van der Waals surface area contributed by atoms with Crippen molar-refractivity contribution in [2.75, 3.05) is 32.7 Å². The van der Waals surface area contributed by atoms with Gasteiger partial charge < -0.3 is 16.0 Å². The van der Waals surface area contributed by atoms with E-state index < -0.39 is 0 Å². The Labute approximate surface area is 80.2 Å². The Morgan fingerprint density at radius 1 is 1.46 bits per heavy atom. The van der Waals surface area contributed by atoms with Gasteiger partial charge >= 0.3 is 0 Å². The average molecular weight is 184 g/mol. The minimum absolute atomic E-state index is 0.585. The van der Waals surface area contributed by atoms with Crippen LogP contribution in [0.3, 0.4) is 0 Å². The Kier molecular flexibility index (Phi) is 4.02. The minimum Gasteiger partial charge on any atom is -0.370 e. The maximum atomic E-state index is 5.84. The molecule has 0 radical (unpaired) electrons. The standard InChI is InChI=1S/C9H20N4/c1-8(2)7-12-9(10)13-5-3-11-4-6-13/h8,11H,3-7H2,1-2H3,(H2,10,12). The summed E-state index contributed by atoms with van der Waals surface area (Å²) in [4.78, 5) is 6.48. The zero-order chi connectivity index (χ0) is 9.68. The van der Waals surface area contributed by atoms with Gasteiger partial charge in [-0.2, -0.15) is 0 Å². The van der Waals surface area contributed by atoms with Gasteiger partial charge in [0.2, 0.25) is 0 Å². The zero-order valence-electron chi connectivity index (χ0n) is 8.58. The SMILES string of the molecule is CC(C)CN=C(N)N1CCNCC1. The van der Waals surface area contributed by atoms with Crippen molar-refractivity contribution >= 4 is 5.96 Å². The van der Waals surface area contributed by atoms with Gasteiger partial charge in [-0.05, 0) is 5.92 Å². The number of nitrogens with two attached hydrogens (primary N) is 1. The molecule has 0 aliphatic carbocycles. The predicted molar refractivity (Wildman–Crippen MR) is 55.8 cm³/mol. The highest BCUT2D eigenvalue weighted by molar-refractivity contribution is 5.78. The molecule has 1 aliphatic heterocycles. The van der Waals surface area contributed by atoms with Crippen molar-refractivity contribution in [3.63, 3.8) is 0 Å². The van der Waals surface area contributed by atoms with E-state index in [0.717, 1.165) is 32.7 Å². The molecule has 0 saturated carbocycles. The van der Waals surface area contributed by atoms with E-state index in [-0.39, 0.29) is 0 Å². The van der Waals surface area contributed by atoms with E-state index in [1.165, 1.54) is 0 Å². The van der Waals surface area contributed by atoms with Crippen LogP contribution in [0.2, 0.25) is 0 Å². The third-order valence-electron chi connectivity index (χ3n) is 2.06. The van der Waals surface area contributed by atoms with Crippen LogP contribution in [0.4, 0.5) is 0 Å². The van der Waals surface area contributed by atoms with Crippen LogP contribution in [0, 0.1) is 5.92 Å². The Morgan fingerprint density at radius 2 is 2.08 bits per heavy atom. The number of nitrogens with zero attached hydrogens (tertiary/aromatic N) is 2. The summed E-state index contributed by atoms with van der Waals surface area (Å²) in [6, 6.07) is 0. The predicted octanol–water partition coefficient (Wildman–Crippen LogP) is -0.138. The fourth-order valence-corrected chi connectivity index (χ4v) is 1.27. The number of guanidine groups is 1. The molecule has 0 aromatic rings. The van der Waals surface area contributed by atoms with Gasteiger partial charge in [0.15, 0.2) is 5.96 Å². The van der Waals surface area contributed by atoms with Gasteiger partial charge in [0.25, 0.3) is 0 Å². The number of nitrogens with one attached hydrogen (secondary N) is 1. The van der Waals surface area contributed by atoms with Crippen LogP contribution in [-0.2, 0) is 0 Å². The fourth-order valence-electron chi connectivity index (χ4n) is 1.27. The van der Waals surface area contributed by atoms with Crippen LogP contribution in [0.25, 0.3) is 0 Å². The van der Waals surface area contributed by atoms with Gasteiger partial charge in [0.1, 0.15) is 0 Å². The summed E-state index contributed by atoms with van der Waals surface area (Å²) in [5, 5.41) is 3.28. The maximum absolute atomic E-state index is 5.84. The highest BCUT2D eigenvalue weighted by atomic mass is 15.3. The molecule has 1 rings (SSSR count). The second-order valence-corrected chi connectivity index (χ2v) is 3.83. The number of hydrogen-bond donors (Lipinski definition) is 2. The summed E-state index contributed by atoms with van der Waals surface area (Å²) in [7, 11) is 0. The molecule has 0 spiro atoms. The summed E-state index contributed by atoms with van der Waals surface area (Å²) < 4.78 is 0. The van der Waals surface area contributed by atoms with E-state index in [9.17, 15) is 0 Å². The molecule has 0 bridgehead atoms. The molecule has 0 atom stereocenters. The van der Waals surface area contributed by atoms with Crippen LogP contribution in [0.1, 0.15) is 13.8 Å². The van der Waals surface area contributed by atoms with Crippen LogP contribution in [0.15, 0.2) is 4.99 Å². The van der Waals surface area contributed by atoms with Gasteiger partial charge in [-0.3, -0.25) is 4.99 Å². The molecule has 4 nitrogen and oxygen atoms in total. The lowest BCUT2D eigenvalue weighted by Crippen LogP contribution is -2.49. The first-order valence-electron chi connectivity index (χ1n) is 4.95. The van der Waals surface area contributed by atoms with Crippen molar-refractivity contribution in [1.82, 2.24) is 10.2 Å². The molecule has 1 heterocycles. The van der Waals surface area contributed by atoms with Gasteiger partial charge in [0, 0.05) is 32.7 Å². The molecule has 0 unspecified atom stereocenters. The lowest BCUT2D eigenvalue weighted by atomic mass is 10.2. The molecule has 1 saturated heterocycles. The van der Waals surface area contributed by atoms with Crippen LogP contribution < -0.4 is 11.1 Å². The molecule has 1 fully saturated rings. The summed E-state index contributed by atoms with van der Waals surface area (Å²) in [6.07, 6.45) is 0. The largest absolute Gasteiger partial charge is 0.370 e. The summed E-state index contributed by atoms with van der Waals surface area (Å²) in [5.74, 6) is 1.29. The molecule has 4 heteroatoms. The second kappa shape index (κ2) is 5.07. The van der Waals surface area contributed by atoms with Gasteiger partial charge in [0.05, 0.1) is 0 Å². The van der Waals surface area contributed by atoms with E-state index >= 15 is 0 Å². The Balaban J connectivity index is 2.35. The van der Waals surface area contributed by atoms with Crippen molar-refractivity contribution in [2.45, 2.75) is 13.8 Å². The van der Waals surface area contributed by atoms with Crippen LogP contribution in [-0.4, -0.2) is 43.6 Å². The van der Waals surface area contributed by atoms with Gasteiger partial charge in [-0.15, -0.1) is 0 Å². The van der Waals surface area contributed by atoms with E-state index in [0.29, 0.717) is 11.9 Å². The number of hydrogen-bond acceptors (Lipinski definition) is 2. The van der Waals surface area contributed by atoms with Crippen LogP contribution in [0.5, 0.6) is 0 Å². The maximum Gasteiger partial charge on any atom is 0.191 e. The second-order valence-electron chi connectivity index (χ2n) is 3.83. The Hall–Kier alpha value is -0.770. The quantitative estimate of drug-likeness (QED) is 0.464. The van der Waals surface area contributed by atoms with E-state index in [4.69, 9.17) is 5.73 Å². The van der Waals surface area contributed by atoms with Crippen molar-refractivity contribution in [1.29, 1.82) is 0 Å². The molecule has 0 aromatic carbocycles. The lowest BCUT2D eigenvalue weighted by Gasteiger charge is -2.28. The average Bonchev–Trinajstić information content (AvgIpc) is 2.15. The number of aliphatic imine (C=N–C) groups is 1. The molecule has 0 amide bonds. The number of rotatable bonds is 2. The monoisotopic (exact) mass is 184 g/mol. The third kappa shape index (κ3) is 3.63. The van der Waals surface area contributed by atoms with Crippen molar-refractivity contribution in [3.8, 4) is 0 Å². The van der Waals surface area contributed by atoms with Gasteiger partial charge in [-0.1, -0.05) is 13.8 Å². The smallest absolute Gasteiger partial charge is 0.191 e. The molecular weight excluding hydrogens is 164 g/mol. The van der Waals surface area contributed by atoms with Crippen molar-refractivity contribution in [2.24, 2.45) is 16.6 Å². The molecule has 1 aliphatic rings. The topological polar surface area (TPSA) is 53.6 Å². The molecule has 76 valence electrons. The summed E-state index contributed by atoms with van der Waals surface area (Å²) in [6.45, 7) is 9.11. The van der Waals surface area contributed by atoms with Crippen LogP contribution >= 0.6 is 0 Å². The summed E-state index contributed by atoms with van der Waals surface area (Å²) in [5.41, 5.74) is 5.84. The van der Waals surface area contributed by atoms with Crippen molar-refractivity contribution < 1.29 is 0 Å². The molecule has 13 heavy (non-hydrogen) atoms. The lowest BCUT2D eigenvalue weighted by molar-refractivity contribution is 0.352. The molecule has 3 N–H and O–H groups in total. The first-order valence-corrected chi connectivity index (χ1v) is 4.95. The normalized spacial score (nSPS) is 19.6. The van der Waals surface area contributed by atoms with Gasteiger partial charge in [-0.25, -0.2) is 0 Å². The minimum atomic E-state index is 0.585. The third-order valence-corrected chi connectivity index (χ3v) is 2.06. The van der Waals surface area contributed by atoms with E-state index in [1.54, 1.807) is 0 Å². The first-order chi connectivity index (χ1) is 6.20. The summed E-state index contributed by atoms with van der Waals surface area (Å²) >= 11 is 0. The highest BCUT2D eigenvalue weighted by Crippen LogP contribution is 1.95. The Morgan fingerprint density at radius 3 is 2.62 bits per heavy atom. The van der Waals surface area contributed by atoms with Crippen molar-refractivity contribution in [3.05, 3.63) is 0 Å². The molecule has 0 aromatic heterocycles. The van der Waals surface area contributed by atoms with E-state index in [2.05, 4.69) is 29.1 Å². The zero-order valence-corrected chi connectivity index (χ0v) is 8.58. The fraction of sp³-hybridized carbons (Fsp3) is 0.889. The molecular formula is C9H20N4. The first kappa shape index (κ1) is 10.3. The Bertz CT molecular complexity index is 170. The van der Waals surface area contributed by atoms with E-state index in [1.807, 2.05) is 0 Å². The number of piperazine rings is 1.